The standard InChI is InChI=1S/C19H30ClN3O2.HI/c1-3-21-19(22-15-16-6-4-7-17(20)14-16)23-10-8-18(9-11-23)25-13-5-12-24-2;/h4,6-7,14,18H,3,5,8-13,15H2,1-2H3,(H,21,22);1H. The molecule has 0 aromatic heterocycles. The van der Waals surface area contributed by atoms with Crippen molar-refractivity contribution in [1.29, 1.82) is 0 Å². The number of ether oxygens (including phenoxy) is 2. The van der Waals surface area contributed by atoms with E-state index < -0.39 is 0 Å². The maximum atomic E-state index is 6.05. The predicted octanol–water partition coefficient (Wildman–Crippen LogP) is 3.94. The number of benzene rings is 1. The van der Waals surface area contributed by atoms with Gasteiger partial charge < -0.3 is 19.7 Å². The lowest BCUT2D eigenvalue weighted by molar-refractivity contribution is 0.00990. The van der Waals surface area contributed by atoms with Crippen LogP contribution in [0.15, 0.2) is 29.3 Å². The van der Waals surface area contributed by atoms with E-state index in [4.69, 9.17) is 26.1 Å². The molecule has 0 aliphatic carbocycles. The molecule has 0 spiro atoms. The third-order valence-corrected chi connectivity index (χ3v) is 4.46. The van der Waals surface area contributed by atoms with Gasteiger partial charge in [0, 0.05) is 45.0 Å². The van der Waals surface area contributed by atoms with E-state index >= 15 is 0 Å². The van der Waals surface area contributed by atoms with Gasteiger partial charge in [-0.05, 0) is 43.9 Å². The van der Waals surface area contributed by atoms with Crippen molar-refractivity contribution in [2.24, 2.45) is 4.99 Å². The number of guanidine groups is 1. The summed E-state index contributed by atoms with van der Waals surface area (Å²) in [6, 6.07) is 7.87. The molecule has 0 amide bonds. The minimum absolute atomic E-state index is 0. The van der Waals surface area contributed by atoms with Crippen LogP contribution in [0, 0.1) is 0 Å². The van der Waals surface area contributed by atoms with E-state index in [1.165, 1.54) is 0 Å². The van der Waals surface area contributed by atoms with Gasteiger partial charge in [0.05, 0.1) is 12.6 Å². The lowest BCUT2D eigenvalue weighted by Gasteiger charge is -2.34. The van der Waals surface area contributed by atoms with Crippen molar-refractivity contribution < 1.29 is 9.47 Å². The van der Waals surface area contributed by atoms with Gasteiger partial charge in [-0.25, -0.2) is 4.99 Å². The molecule has 1 heterocycles. The zero-order chi connectivity index (χ0) is 17.9. The van der Waals surface area contributed by atoms with Gasteiger partial charge in [0.1, 0.15) is 0 Å². The van der Waals surface area contributed by atoms with E-state index in [1.54, 1.807) is 7.11 Å². The number of nitrogens with zero attached hydrogens (tertiary/aromatic N) is 2. The fourth-order valence-corrected chi connectivity index (χ4v) is 3.13. The van der Waals surface area contributed by atoms with Crippen molar-refractivity contribution in [3.8, 4) is 0 Å². The summed E-state index contributed by atoms with van der Waals surface area (Å²) >= 11 is 6.05. The van der Waals surface area contributed by atoms with Crippen LogP contribution < -0.4 is 5.32 Å². The second-order valence-electron chi connectivity index (χ2n) is 6.20. The van der Waals surface area contributed by atoms with Crippen LogP contribution >= 0.6 is 35.6 Å². The fraction of sp³-hybridized carbons (Fsp3) is 0.632. The zero-order valence-corrected chi connectivity index (χ0v) is 18.8. The quantitative estimate of drug-likeness (QED) is 0.257. The first-order valence-electron chi connectivity index (χ1n) is 9.11. The number of hydrogen-bond donors (Lipinski definition) is 1. The Hall–Kier alpha value is -0.570. The second kappa shape index (κ2) is 13.6. The van der Waals surface area contributed by atoms with Crippen LogP contribution in [0.2, 0.25) is 5.02 Å². The van der Waals surface area contributed by atoms with Gasteiger partial charge in [0.25, 0.3) is 0 Å². The SMILES string of the molecule is CCNC(=NCc1cccc(Cl)c1)N1CCC(OCCCOC)CC1.I. The third kappa shape index (κ3) is 8.41. The highest BCUT2D eigenvalue weighted by atomic mass is 127. The zero-order valence-electron chi connectivity index (χ0n) is 15.7. The van der Waals surface area contributed by atoms with Gasteiger partial charge in [-0.3, -0.25) is 0 Å². The number of aliphatic imine (C=N–C) groups is 1. The molecule has 2 rings (SSSR count). The van der Waals surface area contributed by atoms with Crippen LogP contribution in [0.4, 0.5) is 0 Å². The molecule has 1 aromatic carbocycles. The number of rotatable bonds is 8. The number of hydrogen-bond acceptors (Lipinski definition) is 3. The van der Waals surface area contributed by atoms with Crippen molar-refractivity contribution in [3.05, 3.63) is 34.9 Å². The Morgan fingerprint density at radius 3 is 2.73 bits per heavy atom. The predicted molar refractivity (Wildman–Crippen MR) is 119 cm³/mol. The second-order valence-corrected chi connectivity index (χ2v) is 6.64. The first-order valence-corrected chi connectivity index (χ1v) is 9.49. The highest BCUT2D eigenvalue weighted by Gasteiger charge is 2.21. The summed E-state index contributed by atoms with van der Waals surface area (Å²) in [7, 11) is 1.73. The summed E-state index contributed by atoms with van der Waals surface area (Å²) in [6.45, 7) is 7.08. The van der Waals surface area contributed by atoms with Crippen molar-refractivity contribution in [1.82, 2.24) is 10.2 Å². The van der Waals surface area contributed by atoms with E-state index in [1.807, 2.05) is 18.2 Å². The molecule has 1 N–H and O–H groups in total. The molecule has 0 bridgehead atoms. The van der Waals surface area contributed by atoms with E-state index in [0.29, 0.717) is 12.6 Å². The number of halogens is 2. The Bertz CT molecular complexity index is 537. The molecule has 1 saturated heterocycles. The molecule has 0 radical (unpaired) electrons. The fourth-order valence-electron chi connectivity index (χ4n) is 2.91. The molecule has 0 saturated carbocycles. The molecular weight excluding hydrogens is 465 g/mol. The van der Waals surface area contributed by atoms with Gasteiger partial charge in [-0.2, -0.15) is 0 Å². The van der Waals surface area contributed by atoms with E-state index in [2.05, 4.69) is 23.2 Å². The van der Waals surface area contributed by atoms with Gasteiger partial charge in [0.2, 0.25) is 0 Å². The summed E-state index contributed by atoms with van der Waals surface area (Å²) in [6.07, 6.45) is 3.38. The first kappa shape index (κ1) is 23.5. The van der Waals surface area contributed by atoms with Gasteiger partial charge in [0.15, 0.2) is 5.96 Å². The monoisotopic (exact) mass is 495 g/mol. The third-order valence-electron chi connectivity index (χ3n) is 4.22. The topological polar surface area (TPSA) is 46.1 Å². The Morgan fingerprint density at radius 1 is 1.31 bits per heavy atom. The van der Waals surface area contributed by atoms with Crippen LogP contribution in [0.3, 0.4) is 0 Å². The molecule has 148 valence electrons. The summed E-state index contributed by atoms with van der Waals surface area (Å²) in [4.78, 5) is 7.10. The van der Waals surface area contributed by atoms with Crippen molar-refractivity contribution in [3.63, 3.8) is 0 Å². The average Bonchev–Trinajstić information content (AvgIpc) is 2.63. The van der Waals surface area contributed by atoms with E-state index in [9.17, 15) is 0 Å². The number of methoxy groups -OCH3 is 1. The van der Waals surface area contributed by atoms with Crippen LogP contribution in [-0.2, 0) is 16.0 Å². The molecule has 0 unspecified atom stereocenters. The highest BCUT2D eigenvalue weighted by Crippen LogP contribution is 2.15. The van der Waals surface area contributed by atoms with Gasteiger partial charge >= 0.3 is 0 Å². The highest BCUT2D eigenvalue weighted by molar-refractivity contribution is 14.0. The van der Waals surface area contributed by atoms with Gasteiger partial charge in [-0.1, -0.05) is 23.7 Å². The Morgan fingerprint density at radius 2 is 2.08 bits per heavy atom. The first-order chi connectivity index (χ1) is 12.2. The molecule has 7 heteroatoms. The van der Waals surface area contributed by atoms with E-state index in [0.717, 1.165) is 68.7 Å². The molecule has 0 atom stereocenters. The Kier molecular flexibility index (Phi) is 12.3. The molecule has 5 nitrogen and oxygen atoms in total. The van der Waals surface area contributed by atoms with Gasteiger partial charge in [-0.15, -0.1) is 24.0 Å². The summed E-state index contributed by atoms with van der Waals surface area (Å²) in [5, 5.41) is 4.15. The molecule has 1 aliphatic rings. The average molecular weight is 496 g/mol. The minimum atomic E-state index is 0. The van der Waals surface area contributed by atoms with Crippen LogP contribution in [0.1, 0.15) is 31.7 Å². The Balaban J connectivity index is 0.00000338. The minimum Gasteiger partial charge on any atom is -0.385 e. The van der Waals surface area contributed by atoms with E-state index in [-0.39, 0.29) is 24.0 Å². The normalized spacial score (nSPS) is 15.7. The largest absolute Gasteiger partial charge is 0.385 e. The van der Waals surface area contributed by atoms with Crippen LogP contribution in [-0.4, -0.2) is 56.9 Å². The maximum absolute atomic E-state index is 6.05. The number of nitrogens with one attached hydrogen (secondary N) is 1. The smallest absolute Gasteiger partial charge is 0.194 e. The lowest BCUT2D eigenvalue weighted by atomic mass is 10.1. The number of likely N-dealkylation sites (tertiary alicyclic amines) is 1. The molecule has 1 fully saturated rings. The molecule has 1 aromatic rings. The van der Waals surface area contributed by atoms with Crippen LogP contribution in [0.25, 0.3) is 0 Å². The molecule has 1 aliphatic heterocycles. The summed E-state index contributed by atoms with van der Waals surface area (Å²) in [5.41, 5.74) is 1.12. The Labute approximate surface area is 179 Å². The number of piperidine rings is 1. The van der Waals surface area contributed by atoms with Crippen molar-refractivity contribution >= 4 is 41.5 Å². The summed E-state index contributed by atoms with van der Waals surface area (Å²) < 4.78 is 11.0. The summed E-state index contributed by atoms with van der Waals surface area (Å²) in [5.74, 6) is 0.973. The van der Waals surface area contributed by atoms with Crippen molar-refractivity contribution in [2.75, 3.05) is 40.0 Å². The molecule has 26 heavy (non-hydrogen) atoms. The van der Waals surface area contributed by atoms with Crippen LogP contribution in [0.5, 0.6) is 0 Å². The lowest BCUT2D eigenvalue weighted by Crippen LogP contribution is -2.47. The maximum Gasteiger partial charge on any atom is 0.194 e. The van der Waals surface area contributed by atoms with Crippen molar-refractivity contribution in [2.45, 2.75) is 38.8 Å². The molecular formula is C19H31ClIN3O2.